The topological polar surface area (TPSA) is 30.0 Å². The van der Waals surface area contributed by atoms with Crippen LogP contribution in [-0.2, 0) is 6.42 Å². The molecular formula is C13H12FNOS. The lowest BCUT2D eigenvalue weighted by atomic mass is 10.1. The molecule has 0 fully saturated rings. The fourth-order valence-corrected chi connectivity index (χ4v) is 2.29. The van der Waals surface area contributed by atoms with Crippen LogP contribution in [0.15, 0.2) is 29.6 Å². The maximum Gasteiger partial charge on any atom is 0.163 e. The van der Waals surface area contributed by atoms with E-state index in [1.807, 2.05) is 12.3 Å². The number of hydrogen-bond acceptors (Lipinski definition) is 3. The fourth-order valence-electron chi connectivity index (χ4n) is 1.52. The average Bonchev–Trinajstić information content (AvgIpc) is 2.73. The van der Waals surface area contributed by atoms with Crippen LogP contribution >= 0.6 is 11.3 Å². The molecule has 1 heterocycles. The van der Waals surface area contributed by atoms with Crippen molar-refractivity contribution < 1.29 is 9.18 Å². The molecule has 88 valence electrons. The molecule has 2 nitrogen and oxygen atoms in total. The van der Waals surface area contributed by atoms with Crippen LogP contribution in [0.2, 0.25) is 0 Å². The molecular weight excluding hydrogens is 237 g/mol. The fraction of sp³-hybridized carbons (Fsp3) is 0.231. The highest BCUT2D eigenvalue weighted by molar-refractivity contribution is 7.09. The maximum atomic E-state index is 12.7. The average molecular weight is 249 g/mol. The molecule has 0 unspecified atom stereocenters. The number of carbonyl (C=O) groups is 1. The van der Waals surface area contributed by atoms with Crippen molar-refractivity contribution in [2.45, 2.75) is 19.8 Å². The molecule has 0 N–H and O–H groups in total. The summed E-state index contributed by atoms with van der Waals surface area (Å²) in [5.41, 5.74) is 1.54. The molecule has 0 saturated heterocycles. The lowest BCUT2D eigenvalue weighted by Gasteiger charge is -1.99. The van der Waals surface area contributed by atoms with Gasteiger partial charge in [-0.25, -0.2) is 9.37 Å². The minimum atomic E-state index is -0.322. The Bertz CT molecular complexity index is 518. The van der Waals surface area contributed by atoms with Crippen molar-refractivity contribution >= 4 is 17.1 Å². The van der Waals surface area contributed by atoms with Gasteiger partial charge in [0, 0.05) is 29.5 Å². The van der Waals surface area contributed by atoms with Crippen LogP contribution in [0.3, 0.4) is 0 Å². The lowest BCUT2D eigenvalue weighted by molar-refractivity contribution is 0.0983. The molecule has 4 heteroatoms. The molecule has 0 spiro atoms. The molecule has 17 heavy (non-hydrogen) atoms. The van der Waals surface area contributed by atoms with Gasteiger partial charge in [0.25, 0.3) is 0 Å². The summed E-state index contributed by atoms with van der Waals surface area (Å²) in [6.07, 6.45) is 1.06. The van der Waals surface area contributed by atoms with Gasteiger partial charge in [0.05, 0.1) is 5.01 Å². The number of benzene rings is 1. The molecule has 0 atom stereocenters. The quantitative estimate of drug-likeness (QED) is 0.777. The first kappa shape index (κ1) is 11.9. The minimum Gasteiger partial charge on any atom is -0.294 e. The third-order valence-corrected chi connectivity index (χ3v) is 3.43. The van der Waals surface area contributed by atoms with Crippen LogP contribution < -0.4 is 0 Å². The molecule has 2 aromatic rings. The van der Waals surface area contributed by atoms with Crippen LogP contribution in [0.5, 0.6) is 0 Å². The predicted molar refractivity (Wildman–Crippen MR) is 65.9 cm³/mol. The summed E-state index contributed by atoms with van der Waals surface area (Å²) >= 11 is 1.57. The second-order valence-corrected chi connectivity index (χ2v) is 4.76. The zero-order valence-corrected chi connectivity index (χ0v) is 10.3. The summed E-state index contributed by atoms with van der Waals surface area (Å²) in [4.78, 5) is 16.1. The second kappa shape index (κ2) is 5.19. The van der Waals surface area contributed by atoms with E-state index in [9.17, 15) is 9.18 Å². The SMILES string of the molecule is Cc1csc(CCC(=O)c2ccc(F)cc2)n1. The van der Waals surface area contributed by atoms with Gasteiger partial charge in [0.2, 0.25) is 0 Å². The number of hydrogen-bond donors (Lipinski definition) is 0. The minimum absolute atomic E-state index is 0.0258. The van der Waals surface area contributed by atoms with Gasteiger partial charge in [-0.3, -0.25) is 4.79 Å². The molecule has 1 aromatic carbocycles. The molecule has 0 bridgehead atoms. The number of aryl methyl sites for hydroxylation is 2. The zero-order chi connectivity index (χ0) is 12.3. The smallest absolute Gasteiger partial charge is 0.163 e. The van der Waals surface area contributed by atoms with E-state index in [1.165, 1.54) is 24.3 Å². The first-order valence-corrected chi connectivity index (χ1v) is 6.23. The zero-order valence-electron chi connectivity index (χ0n) is 9.44. The van der Waals surface area contributed by atoms with Crippen molar-refractivity contribution in [1.29, 1.82) is 0 Å². The summed E-state index contributed by atoms with van der Waals surface area (Å²) in [5, 5.41) is 2.94. The number of nitrogens with zero attached hydrogens (tertiary/aromatic N) is 1. The van der Waals surface area contributed by atoms with Crippen molar-refractivity contribution in [3.8, 4) is 0 Å². The van der Waals surface area contributed by atoms with E-state index in [2.05, 4.69) is 4.98 Å². The van der Waals surface area contributed by atoms with E-state index in [1.54, 1.807) is 11.3 Å². The van der Waals surface area contributed by atoms with E-state index in [0.29, 0.717) is 18.4 Å². The molecule has 1 aromatic heterocycles. The van der Waals surface area contributed by atoms with Crippen molar-refractivity contribution in [3.05, 3.63) is 51.7 Å². The third-order valence-electron chi connectivity index (χ3n) is 2.40. The number of rotatable bonds is 4. The van der Waals surface area contributed by atoms with Gasteiger partial charge in [0.15, 0.2) is 5.78 Å². The van der Waals surface area contributed by atoms with E-state index in [0.717, 1.165) is 10.7 Å². The highest BCUT2D eigenvalue weighted by Gasteiger charge is 2.07. The molecule has 0 aliphatic carbocycles. The van der Waals surface area contributed by atoms with E-state index in [4.69, 9.17) is 0 Å². The van der Waals surface area contributed by atoms with Crippen molar-refractivity contribution in [1.82, 2.24) is 4.98 Å². The second-order valence-electron chi connectivity index (χ2n) is 3.81. The molecule has 0 radical (unpaired) electrons. The van der Waals surface area contributed by atoms with Gasteiger partial charge in [0.1, 0.15) is 5.82 Å². The van der Waals surface area contributed by atoms with Gasteiger partial charge in [-0.1, -0.05) is 0 Å². The van der Waals surface area contributed by atoms with Crippen LogP contribution in [0.1, 0.15) is 27.5 Å². The van der Waals surface area contributed by atoms with Crippen molar-refractivity contribution in [2.24, 2.45) is 0 Å². The first-order valence-electron chi connectivity index (χ1n) is 5.35. The van der Waals surface area contributed by atoms with Gasteiger partial charge in [-0.05, 0) is 31.2 Å². The van der Waals surface area contributed by atoms with E-state index < -0.39 is 0 Å². The summed E-state index contributed by atoms with van der Waals surface area (Å²) in [7, 11) is 0. The Morgan fingerprint density at radius 2 is 2.06 bits per heavy atom. The number of thiazole rings is 1. The Hall–Kier alpha value is -1.55. The van der Waals surface area contributed by atoms with Crippen LogP contribution in [0.4, 0.5) is 4.39 Å². The number of carbonyl (C=O) groups excluding carboxylic acids is 1. The van der Waals surface area contributed by atoms with Gasteiger partial charge in [-0.2, -0.15) is 0 Å². The Labute approximate surface area is 103 Å². The Morgan fingerprint density at radius 3 is 2.65 bits per heavy atom. The number of ketones is 1. The van der Waals surface area contributed by atoms with Crippen LogP contribution in [0, 0.1) is 12.7 Å². The summed E-state index contributed by atoms with van der Waals surface area (Å²) in [5.74, 6) is -0.296. The highest BCUT2D eigenvalue weighted by Crippen LogP contribution is 2.13. The lowest BCUT2D eigenvalue weighted by Crippen LogP contribution is -2.01. The molecule has 0 amide bonds. The monoisotopic (exact) mass is 249 g/mol. The van der Waals surface area contributed by atoms with E-state index >= 15 is 0 Å². The van der Waals surface area contributed by atoms with Crippen molar-refractivity contribution in [2.75, 3.05) is 0 Å². The van der Waals surface area contributed by atoms with Crippen LogP contribution in [0.25, 0.3) is 0 Å². The third kappa shape index (κ3) is 3.20. The molecule has 0 aliphatic rings. The summed E-state index contributed by atoms with van der Waals surface area (Å²) in [6, 6.07) is 5.65. The van der Waals surface area contributed by atoms with E-state index in [-0.39, 0.29) is 11.6 Å². The molecule has 0 saturated carbocycles. The Morgan fingerprint density at radius 1 is 1.35 bits per heavy atom. The molecule has 2 rings (SSSR count). The van der Waals surface area contributed by atoms with Gasteiger partial charge >= 0.3 is 0 Å². The number of halogens is 1. The normalized spacial score (nSPS) is 10.5. The van der Waals surface area contributed by atoms with Crippen LogP contribution in [-0.4, -0.2) is 10.8 Å². The molecule has 0 aliphatic heterocycles. The predicted octanol–water partition coefficient (Wildman–Crippen LogP) is 3.41. The summed E-state index contributed by atoms with van der Waals surface area (Å²) in [6.45, 7) is 1.93. The highest BCUT2D eigenvalue weighted by atomic mass is 32.1. The first-order chi connectivity index (χ1) is 8.15. The Kier molecular flexibility index (Phi) is 3.64. The maximum absolute atomic E-state index is 12.7. The number of Topliss-reactive ketones (excluding diaryl/α,β-unsaturated/α-hetero) is 1. The largest absolute Gasteiger partial charge is 0.294 e. The van der Waals surface area contributed by atoms with Gasteiger partial charge < -0.3 is 0 Å². The number of aromatic nitrogens is 1. The summed E-state index contributed by atoms with van der Waals surface area (Å²) < 4.78 is 12.7. The standard InChI is InChI=1S/C13H12FNOS/c1-9-8-17-13(15-9)7-6-12(16)10-2-4-11(14)5-3-10/h2-5,8H,6-7H2,1H3. The van der Waals surface area contributed by atoms with Crippen molar-refractivity contribution in [3.63, 3.8) is 0 Å². The van der Waals surface area contributed by atoms with Gasteiger partial charge in [-0.15, -0.1) is 11.3 Å². The Balaban J connectivity index is 1.95.